The van der Waals surface area contributed by atoms with Gasteiger partial charge in [0, 0.05) is 11.6 Å². The van der Waals surface area contributed by atoms with E-state index in [2.05, 4.69) is 15.3 Å². The number of fused-ring (bicyclic) bond motifs is 1. The third-order valence-electron chi connectivity index (χ3n) is 5.35. The van der Waals surface area contributed by atoms with Gasteiger partial charge in [-0.1, -0.05) is 49.1 Å². The van der Waals surface area contributed by atoms with E-state index in [1.165, 1.54) is 12.0 Å². The van der Waals surface area contributed by atoms with Crippen molar-refractivity contribution < 1.29 is 14.3 Å². The van der Waals surface area contributed by atoms with Crippen molar-refractivity contribution in [2.75, 3.05) is 6.61 Å². The minimum Gasteiger partial charge on any atom is -0.452 e. The first kappa shape index (κ1) is 19.2. The van der Waals surface area contributed by atoms with Crippen molar-refractivity contribution >= 4 is 22.9 Å². The Labute approximate surface area is 169 Å². The molecule has 0 saturated heterocycles. The zero-order chi connectivity index (χ0) is 20.2. The Morgan fingerprint density at radius 1 is 1.10 bits per heavy atom. The second kappa shape index (κ2) is 8.47. The van der Waals surface area contributed by atoms with Crippen molar-refractivity contribution in [3.63, 3.8) is 0 Å². The number of aryl methyl sites for hydroxylation is 1. The largest absolute Gasteiger partial charge is 0.452 e. The summed E-state index contributed by atoms with van der Waals surface area (Å²) in [7, 11) is 0. The number of aromatic amines is 1. The summed E-state index contributed by atoms with van der Waals surface area (Å²) in [5.41, 5.74) is 4.08. The molecule has 2 N–H and O–H groups in total. The van der Waals surface area contributed by atoms with E-state index in [0.29, 0.717) is 5.56 Å². The molecule has 1 heterocycles. The van der Waals surface area contributed by atoms with Gasteiger partial charge in [-0.25, -0.2) is 9.78 Å². The Balaban J connectivity index is 1.40. The van der Waals surface area contributed by atoms with Gasteiger partial charge < -0.3 is 15.0 Å². The average Bonchev–Trinajstić information content (AvgIpc) is 3.16. The molecule has 6 nitrogen and oxygen atoms in total. The number of aromatic nitrogens is 2. The van der Waals surface area contributed by atoms with E-state index in [4.69, 9.17) is 4.74 Å². The smallest absolute Gasteiger partial charge is 0.338 e. The molecule has 150 valence electrons. The van der Waals surface area contributed by atoms with Gasteiger partial charge in [0.2, 0.25) is 0 Å². The lowest BCUT2D eigenvalue weighted by atomic mass is 9.95. The van der Waals surface area contributed by atoms with Crippen LogP contribution in [-0.4, -0.2) is 34.5 Å². The maximum Gasteiger partial charge on any atom is 0.338 e. The first-order valence-electron chi connectivity index (χ1n) is 10.1. The molecule has 0 radical (unpaired) electrons. The van der Waals surface area contributed by atoms with Crippen LogP contribution in [0.1, 0.15) is 48.0 Å². The van der Waals surface area contributed by atoms with E-state index in [1.54, 1.807) is 18.2 Å². The minimum atomic E-state index is -0.516. The van der Waals surface area contributed by atoms with Gasteiger partial charge in [-0.15, -0.1) is 0 Å². The molecule has 1 saturated carbocycles. The quantitative estimate of drug-likeness (QED) is 0.640. The van der Waals surface area contributed by atoms with Crippen LogP contribution in [0, 0.1) is 6.92 Å². The van der Waals surface area contributed by atoms with Crippen molar-refractivity contribution in [2.24, 2.45) is 0 Å². The van der Waals surface area contributed by atoms with Gasteiger partial charge in [0.05, 0.1) is 16.6 Å². The Kier molecular flexibility index (Phi) is 5.60. The molecule has 3 aromatic rings. The van der Waals surface area contributed by atoms with Gasteiger partial charge in [0.1, 0.15) is 5.82 Å². The summed E-state index contributed by atoms with van der Waals surface area (Å²) in [5.74, 6) is -0.0101. The van der Waals surface area contributed by atoms with Gasteiger partial charge in [-0.3, -0.25) is 4.79 Å². The molecule has 1 amide bonds. The number of esters is 1. The molecular weight excluding hydrogens is 366 g/mol. The average molecular weight is 391 g/mol. The summed E-state index contributed by atoms with van der Waals surface area (Å²) in [6.45, 7) is 1.78. The van der Waals surface area contributed by atoms with E-state index in [9.17, 15) is 9.59 Å². The van der Waals surface area contributed by atoms with Gasteiger partial charge >= 0.3 is 5.97 Å². The monoisotopic (exact) mass is 391 g/mol. The van der Waals surface area contributed by atoms with Gasteiger partial charge in [-0.2, -0.15) is 0 Å². The minimum absolute atomic E-state index is 0.205. The Bertz CT molecular complexity index is 1020. The number of carbonyl (C=O) groups excluding carboxylic acids is 2. The summed E-state index contributed by atoms with van der Waals surface area (Å²) in [4.78, 5) is 32.2. The molecule has 0 aliphatic heterocycles. The van der Waals surface area contributed by atoms with E-state index >= 15 is 0 Å². The van der Waals surface area contributed by atoms with Crippen LogP contribution in [0.4, 0.5) is 0 Å². The number of hydrogen-bond donors (Lipinski definition) is 2. The summed E-state index contributed by atoms with van der Waals surface area (Å²) in [5, 5.41) is 2.95. The highest BCUT2D eigenvalue weighted by atomic mass is 16.5. The van der Waals surface area contributed by atoms with Crippen molar-refractivity contribution in [1.82, 2.24) is 15.3 Å². The molecular formula is C23H25N3O3. The molecule has 4 rings (SSSR count). The highest BCUT2D eigenvalue weighted by Crippen LogP contribution is 2.22. The first-order valence-corrected chi connectivity index (χ1v) is 10.1. The molecule has 1 aromatic heterocycles. The molecule has 1 aliphatic rings. The molecule has 0 unspecified atom stereocenters. The lowest BCUT2D eigenvalue weighted by Crippen LogP contribution is -2.38. The number of rotatable bonds is 5. The van der Waals surface area contributed by atoms with Crippen LogP contribution in [0.2, 0.25) is 0 Å². The molecule has 6 heteroatoms. The van der Waals surface area contributed by atoms with E-state index in [-0.39, 0.29) is 18.6 Å². The number of carbonyl (C=O) groups is 2. The maximum absolute atomic E-state index is 12.4. The molecule has 2 aromatic carbocycles. The first-order chi connectivity index (χ1) is 14.1. The maximum atomic E-state index is 12.4. The molecule has 0 bridgehead atoms. The lowest BCUT2D eigenvalue weighted by molar-refractivity contribution is -0.125. The standard InChI is InChI=1S/C23H25N3O3/c1-15-7-9-16(10-8-15)22-25-19-12-11-17(13-20(19)26-22)23(28)29-14-21(27)24-18-5-3-2-4-6-18/h7-13,18H,2-6,14H2,1H3,(H,24,27)(H,25,26). The van der Waals surface area contributed by atoms with Gasteiger partial charge in [0.15, 0.2) is 6.61 Å². The van der Waals surface area contributed by atoms with Crippen LogP contribution in [-0.2, 0) is 9.53 Å². The van der Waals surface area contributed by atoms with Gasteiger partial charge in [-0.05, 0) is 38.0 Å². The number of amides is 1. The molecule has 0 atom stereocenters. The SMILES string of the molecule is Cc1ccc(-c2nc3ccc(C(=O)OCC(=O)NC4CCCCC4)cc3[nH]2)cc1. The van der Waals surface area contributed by atoms with Crippen LogP contribution >= 0.6 is 0 Å². The second-order valence-electron chi connectivity index (χ2n) is 7.66. The topological polar surface area (TPSA) is 84.1 Å². The number of hydrogen-bond acceptors (Lipinski definition) is 4. The zero-order valence-corrected chi connectivity index (χ0v) is 16.5. The fourth-order valence-corrected chi connectivity index (χ4v) is 3.72. The van der Waals surface area contributed by atoms with Gasteiger partial charge in [0.25, 0.3) is 5.91 Å². The summed E-state index contributed by atoms with van der Waals surface area (Å²) >= 11 is 0. The number of nitrogens with one attached hydrogen (secondary N) is 2. The van der Waals surface area contributed by atoms with Crippen LogP contribution in [0.15, 0.2) is 42.5 Å². The summed E-state index contributed by atoms with van der Waals surface area (Å²) < 4.78 is 5.20. The fraction of sp³-hybridized carbons (Fsp3) is 0.348. The van der Waals surface area contributed by atoms with Crippen LogP contribution < -0.4 is 5.32 Å². The number of nitrogens with zero attached hydrogens (tertiary/aromatic N) is 1. The van der Waals surface area contributed by atoms with Crippen molar-refractivity contribution in [1.29, 1.82) is 0 Å². The third kappa shape index (κ3) is 4.65. The lowest BCUT2D eigenvalue weighted by Gasteiger charge is -2.22. The van der Waals surface area contributed by atoms with Crippen molar-refractivity contribution in [3.05, 3.63) is 53.6 Å². The highest BCUT2D eigenvalue weighted by molar-refractivity contribution is 5.95. The molecule has 29 heavy (non-hydrogen) atoms. The van der Waals surface area contributed by atoms with E-state index < -0.39 is 5.97 Å². The third-order valence-corrected chi connectivity index (χ3v) is 5.35. The normalized spacial score (nSPS) is 14.7. The van der Waals surface area contributed by atoms with Crippen molar-refractivity contribution in [3.8, 4) is 11.4 Å². The van der Waals surface area contributed by atoms with Crippen LogP contribution in [0.5, 0.6) is 0 Å². The van der Waals surface area contributed by atoms with Crippen LogP contribution in [0.3, 0.4) is 0 Å². The fourth-order valence-electron chi connectivity index (χ4n) is 3.72. The Hall–Kier alpha value is -3.15. The number of imidazole rings is 1. The number of benzene rings is 2. The molecule has 0 spiro atoms. The predicted molar refractivity (Wildman–Crippen MR) is 112 cm³/mol. The molecule has 1 aliphatic carbocycles. The highest BCUT2D eigenvalue weighted by Gasteiger charge is 2.17. The van der Waals surface area contributed by atoms with E-state index in [0.717, 1.165) is 48.1 Å². The zero-order valence-electron chi connectivity index (χ0n) is 16.5. The Morgan fingerprint density at radius 2 is 1.86 bits per heavy atom. The Morgan fingerprint density at radius 3 is 2.62 bits per heavy atom. The second-order valence-corrected chi connectivity index (χ2v) is 7.66. The van der Waals surface area contributed by atoms with E-state index in [1.807, 2.05) is 31.2 Å². The van der Waals surface area contributed by atoms with Crippen molar-refractivity contribution in [2.45, 2.75) is 45.1 Å². The number of ether oxygens (including phenoxy) is 1. The predicted octanol–water partition coefficient (Wildman–Crippen LogP) is 4.14. The summed E-state index contributed by atoms with van der Waals surface area (Å²) in [6.07, 6.45) is 5.50. The van der Waals surface area contributed by atoms with Crippen LogP contribution in [0.25, 0.3) is 22.4 Å². The number of H-pyrrole nitrogens is 1. The summed E-state index contributed by atoms with van der Waals surface area (Å²) in [6, 6.07) is 13.4. The molecule has 1 fully saturated rings.